The number of amides is 2. The predicted octanol–water partition coefficient (Wildman–Crippen LogP) is 2.07. The highest BCUT2D eigenvalue weighted by molar-refractivity contribution is 5.77. The maximum Gasteiger partial charge on any atom is 0.317 e. The highest BCUT2D eigenvalue weighted by Gasteiger charge is 2.40. The standard InChI is InChI=1S/C13H24N2O3/c1-4-10(3)14-12(18)15-8-6-13(5-2,7-9-15)11(16)17/h10H,4-9H2,1-3H3,(H,14,18)(H,16,17). The number of likely N-dealkylation sites (tertiary alicyclic amines) is 1. The Morgan fingerprint density at radius 2 is 1.89 bits per heavy atom. The van der Waals surface area contributed by atoms with Gasteiger partial charge in [-0.15, -0.1) is 0 Å². The first-order valence-electron chi connectivity index (χ1n) is 6.74. The summed E-state index contributed by atoms with van der Waals surface area (Å²) < 4.78 is 0. The van der Waals surface area contributed by atoms with Gasteiger partial charge in [0.15, 0.2) is 0 Å². The Bertz CT molecular complexity index is 309. The number of hydrogen-bond acceptors (Lipinski definition) is 2. The lowest BCUT2D eigenvalue weighted by molar-refractivity contribution is -0.151. The summed E-state index contributed by atoms with van der Waals surface area (Å²) in [6, 6.07) is 0.0919. The molecule has 0 aromatic heterocycles. The zero-order valence-electron chi connectivity index (χ0n) is 11.5. The summed E-state index contributed by atoms with van der Waals surface area (Å²) in [6.45, 7) is 6.96. The fourth-order valence-corrected chi connectivity index (χ4v) is 2.26. The van der Waals surface area contributed by atoms with E-state index in [2.05, 4.69) is 5.32 Å². The van der Waals surface area contributed by atoms with Crippen LogP contribution >= 0.6 is 0 Å². The third kappa shape index (κ3) is 3.15. The van der Waals surface area contributed by atoms with Crippen LogP contribution < -0.4 is 5.32 Å². The molecule has 0 aliphatic carbocycles. The molecule has 1 aliphatic rings. The number of urea groups is 1. The number of carbonyl (C=O) groups is 2. The Hall–Kier alpha value is -1.26. The van der Waals surface area contributed by atoms with Gasteiger partial charge in [-0.25, -0.2) is 4.79 Å². The zero-order chi connectivity index (χ0) is 13.8. The first kappa shape index (κ1) is 14.8. The van der Waals surface area contributed by atoms with Gasteiger partial charge in [-0.1, -0.05) is 13.8 Å². The third-order valence-corrected chi connectivity index (χ3v) is 4.12. The second-order valence-electron chi connectivity index (χ2n) is 5.18. The number of nitrogens with one attached hydrogen (secondary N) is 1. The maximum atomic E-state index is 11.9. The molecule has 1 saturated heterocycles. The van der Waals surface area contributed by atoms with E-state index < -0.39 is 11.4 Å². The zero-order valence-corrected chi connectivity index (χ0v) is 11.5. The topological polar surface area (TPSA) is 69.6 Å². The van der Waals surface area contributed by atoms with Gasteiger partial charge in [-0.05, 0) is 32.6 Å². The summed E-state index contributed by atoms with van der Waals surface area (Å²) >= 11 is 0. The van der Waals surface area contributed by atoms with E-state index in [1.54, 1.807) is 4.90 Å². The molecule has 0 radical (unpaired) electrons. The highest BCUT2D eigenvalue weighted by atomic mass is 16.4. The average molecular weight is 256 g/mol. The van der Waals surface area contributed by atoms with Crippen LogP contribution in [0.3, 0.4) is 0 Å². The van der Waals surface area contributed by atoms with Crippen LogP contribution in [-0.2, 0) is 4.79 Å². The van der Waals surface area contributed by atoms with Crippen LogP contribution in [0.15, 0.2) is 0 Å². The van der Waals surface area contributed by atoms with Crippen LogP contribution in [0.2, 0.25) is 0 Å². The minimum atomic E-state index is -0.730. The number of rotatable bonds is 4. The van der Waals surface area contributed by atoms with Gasteiger partial charge in [-0.3, -0.25) is 4.79 Å². The SMILES string of the molecule is CCC(C)NC(=O)N1CCC(CC)(C(=O)O)CC1. The van der Waals surface area contributed by atoms with Gasteiger partial charge in [0.2, 0.25) is 0 Å². The van der Waals surface area contributed by atoms with Crippen LogP contribution in [0.25, 0.3) is 0 Å². The van der Waals surface area contributed by atoms with Gasteiger partial charge < -0.3 is 15.3 Å². The van der Waals surface area contributed by atoms with Crippen molar-refractivity contribution < 1.29 is 14.7 Å². The quantitative estimate of drug-likeness (QED) is 0.809. The molecule has 1 rings (SSSR count). The molecule has 1 heterocycles. The van der Waals surface area contributed by atoms with Crippen LogP contribution in [0, 0.1) is 5.41 Å². The molecule has 18 heavy (non-hydrogen) atoms. The van der Waals surface area contributed by atoms with Crippen molar-refractivity contribution in [3.05, 3.63) is 0 Å². The molecule has 2 N–H and O–H groups in total. The van der Waals surface area contributed by atoms with Crippen molar-refractivity contribution in [2.75, 3.05) is 13.1 Å². The van der Waals surface area contributed by atoms with E-state index in [1.165, 1.54) is 0 Å². The predicted molar refractivity (Wildman–Crippen MR) is 69.5 cm³/mol. The average Bonchev–Trinajstić information content (AvgIpc) is 2.38. The molecule has 104 valence electrons. The van der Waals surface area contributed by atoms with Crippen molar-refractivity contribution in [3.8, 4) is 0 Å². The van der Waals surface area contributed by atoms with E-state index in [9.17, 15) is 14.7 Å². The Kier molecular flexibility index (Phi) is 4.99. The molecule has 0 aromatic rings. The van der Waals surface area contributed by atoms with Crippen LogP contribution in [0.4, 0.5) is 4.79 Å². The molecule has 2 amide bonds. The molecule has 1 fully saturated rings. The van der Waals surface area contributed by atoms with Gasteiger partial charge in [0, 0.05) is 19.1 Å². The van der Waals surface area contributed by atoms with E-state index in [-0.39, 0.29) is 12.1 Å². The molecule has 0 aromatic carbocycles. The van der Waals surface area contributed by atoms with Crippen molar-refractivity contribution >= 4 is 12.0 Å². The van der Waals surface area contributed by atoms with Crippen LogP contribution in [-0.4, -0.2) is 41.1 Å². The molecule has 1 unspecified atom stereocenters. The first-order chi connectivity index (χ1) is 8.45. The Morgan fingerprint density at radius 1 is 1.33 bits per heavy atom. The number of carbonyl (C=O) groups excluding carboxylic acids is 1. The molecule has 5 nitrogen and oxygen atoms in total. The Balaban J connectivity index is 2.53. The number of hydrogen-bond donors (Lipinski definition) is 2. The molecule has 0 spiro atoms. The van der Waals surface area contributed by atoms with Gasteiger partial charge in [0.25, 0.3) is 0 Å². The lowest BCUT2D eigenvalue weighted by Gasteiger charge is -2.38. The summed E-state index contributed by atoms with van der Waals surface area (Å²) in [7, 11) is 0. The minimum absolute atomic E-state index is 0.0700. The van der Waals surface area contributed by atoms with E-state index >= 15 is 0 Å². The molecule has 1 aliphatic heterocycles. The normalized spacial score (nSPS) is 20.3. The van der Waals surface area contributed by atoms with Crippen LogP contribution in [0.1, 0.15) is 46.5 Å². The van der Waals surface area contributed by atoms with E-state index in [0.29, 0.717) is 32.4 Å². The van der Waals surface area contributed by atoms with E-state index in [1.807, 2.05) is 20.8 Å². The van der Waals surface area contributed by atoms with Gasteiger partial charge in [-0.2, -0.15) is 0 Å². The van der Waals surface area contributed by atoms with Crippen molar-refractivity contribution in [2.24, 2.45) is 5.41 Å². The van der Waals surface area contributed by atoms with Crippen molar-refractivity contribution in [1.82, 2.24) is 10.2 Å². The number of nitrogens with zero attached hydrogens (tertiary/aromatic N) is 1. The van der Waals surface area contributed by atoms with E-state index in [4.69, 9.17) is 0 Å². The lowest BCUT2D eigenvalue weighted by Crippen LogP contribution is -2.50. The summed E-state index contributed by atoms with van der Waals surface area (Å²) in [4.78, 5) is 24.9. The second kappa shape index (κ2) is 6.07. The first-order valence-corrected chi connectivity index (χ1v) is 6.74. The van der Waals surface area contributed by atoms with E-state index in [0.717, 1.165) is 6.42 Å². The summed E-state index contributed by atoms with van der Waals surface area (Å²) in [5.74, 6) is -0.730. The van der Waals surface area contributed by atoms with Gasteiger partial charge in [0.1, 0.15) is 0 Å². The van der Waals surface area contributed by atoms with Gasteiger partial charge >= 0.3 is 12.0 Å². The Labute approximate surface area is 109 Å². The number of carboxylic acids is 1. The minimum Gasteiger partial charge on any atom is -0.481 e. The monoisotopic (exact) mass is 256 g/mol. The van der Waals surface area contributed by atoms with Crippen LogP contribution in [0.5, 0.6) is 0 Å². The second-order valence-corrected chi connectivity index (χ2v) is 5.18. The lowest BCUT2D eigenvalue weighted by atomic mass is 9.76. The molecule has 5 heteroatoms. The highest BCUT2D eigenvalue weighted by Crippen LogP contribution is 2.35. The number of piperidine rings is 1. The van der Waals surface area contributed by atoms with Crippen molar-refractivity contribution in [1.29, 1.82) is 0 Å². The smallest absolute Gasteiger partial charge is 0.317 e. The molecular weight excluding hydrogens is 232 g/mol. The van der Waals surface area contributed by atoms with Crippen molar-refractivity contribution in [2.45, 2.75) is 52.5 Å². The summed E-state index contributed by atoms with van der Waals surface area (Å²) in [5, 5.41) is 12.2. The van der Waals surface area contributed by atoms with Crippen molar-refractivity contribution in [3.63, 3.8) is 0 Å². The molecule has 1 atom stereocenters. The summed E-state index contributed by atoms with van der Waals surface area (Å²) in [6.07, 6.45) is 2.62. The largest absolute Gasteiger partial charge is 0.481 e. The van der Waals surface area contributed by atoms with Gasteiger partial charge in [0.05, 0.1) is 5.41 Å². The molecule has 0 saturated carbocycles. The number of carboxylic acid groups (broad SMARTS) is 1. The number of aliphatic carboxylic acids is 1. The maximum absolute atomic E-state index is 11.9. The Morgan fingerprint density at radius 3 is 2.28 bits per heavy atom. The fourth-order valence-electron chi connectivity index (χ4n) is 2.26. The summed E-state index contributed by atoms with van der Waals surface area (Å²) in [5.41, 5.74) is -0.632. The fraction of sp³-hybridized carbons (Fsp3) is 0.846. The third-order valence-electron chi connectivity index (χ3n) is 4.12. The molecular formula is C13H24N2O3. The molecule has 0 bridgehead atoms.